The zero-order valence-corrected chi connectivity index (χ0v) is 17.1. The molecule has 4 heterocycles. The highest BCUT2D eigenvalue weighted by Gasteiger charge is 2.18. The maximum atomic E-state index is 6.28. The lowest BCUT2D eigenvalue weighted by atomic mass is 10.1. The van der Waals surface area contributed by atoms with Crippen molar-refractivity contribution in [1.29, 1.82) is 0 Å². The molecule has 2 unspecified atom stereocenters. The average molecular weight is 423 g/mol. The van der Waals surface area contributed by atoms with Crippen LogP contribution in [0.2, 0.25) is 10.3 Å². The summed E-state index contributed by atoms with van der Waals surface area (Å²) in [5, 5.41) is 7.61. The van der Waals surface area contributed by atoms with Crippen LogP contribution >= 0.6 is 23.2 Å². The highest BCUT2D eigenvalue weighted by Crippen LogP contribution is 2.25. The number of aromatic nitrogens is 2. The van der Waals surface area contributed by atoms with Crippen molar-refractivity contribution in [2.75, 3.05) is 26.3 Å². The van der Waals surface area contributed by atoms with E-state index >= 15 is 0 Å². The summed E-state index contributed by atoms with van der Waals surface area (Å²) in [4.78, 5) is 8.52. The van der Waals surface area contributed by atoms with Gasteiger partial charge in [-0.15, -0.1) is 0 Å². The number of nitrogens with zero attached hydrogens (tertiary/aromatic N) is 2. The van der Waals surface area contributed by atoms with E-state index in [1.165, 1.54) is 0 Å². The van der Waals surface area contributed by atoms with Crippen LogP contribution in [0.25, 0.3) is 0 Å². The van der Waals surface area contributed by atoms with Gasteiger partial charge in [0.25, 0.3) is 0 Å². The van der Waals surface area contributed by atoms with E-state index in [0.717, 1.165) is 48.6 Å². The summed E-state index contributed by atoms with van der Waals surface area (Å²) in [5.41, 5.74) is 1.86. The molecular weight excluding hydrogens is 399 g/mol. The van der Waals surface area contributed by atoms with Crippen LogP contribution in [0.3, 0.4) is 0 Å². The molecule has 6 nitrogen and oxygen atoms in total. The Morgan fingerprint density at radius 1 is 0.821 bits per heavy atom. The molecule has 0 spiro atoms. The van der Waals surface area contributed by atoms with Gasteiger partial charge < -0.3 is 20.1 Å². The van der Waals surface area contributed by atoms with Crippen molar-refractivity contribution < 1.29 is 9.47 Å². The molecule has 150 valence electrons. The van der Waals surface area contributed by atoms with Gasteiger partial charge in [-0.2, -0.15) is 0 Å². The maximum absolute atomic E-state index is 6.28. The first-order chi connectivity index (χ1) is 13.7. The number of nitrogens with one attached hydrogen (secondary N) is 2. The molecule has 2 fully saturated rings. The van der Waals surface area contributed by atoms with E-state index in [2.05, 4.69) is 20.6 Å². The second-order valence-corrected chi connectivity index (χ2v) is 7.96. The van der Waals surface area contributed by atoms with E-state index in [0.29, 0.717) is 48.4 Å². The minimum absolute atomic E-state index is 0.432. The predicted octanol–water partition coefficient (Wildman–Crippen LogP) is 3.05. The minimum atomic E-state index is 0.432. The fourth-order valence-electron chi connectivity index (χ4n) is 3.10. The van der Waals surface area contributed by atoms with E-state index in [-0.39, 0.29) is 0 Å². The number of aryl methyl sites for hydroxylation is 2. The Morgan fingerprint density at radius 2 is 1.25 bits per heavy atom. The molecule has 0 aromatic carbocycles. The summed E-state index contributed by atoms with van der Waals surface area (Å²) < 4.78 is 11.6. The fraction of sp³-hybridized carbons (Fsp3) is 0.500. The Kier molecular flexibility index (Phi) is 6.52. The number of pyridine rings is 2. The van der Waals surface area contributed by atoms with Crippen LogP contribution in [0.4, 0.5) is 0 Å². The van der Waals surface area contributed by atoms with E-state index < -0.39 is 0 Å². The van der Waals surface area contributed by atoms with E-state index in [4.69, 9.17) is 32.7 Å². The van der Waals surface area contributed by atoms with Crippen LogP contribution in [0.1, 0.15) is 24.0 Å². The molecule has 0 aliphatic carbocycles. The van der Waals surface area contributed by atoms with Crippen LogP contribution in [0, 0.1) is 0 Å². The van der Waals surface area contributed by atoms with Crippen molar-refractivity contribution in [2.24, 2.45) is 0 Å². The summed E-state index contributed by atoms with van der Waals surface area (Å²) in [7, 11) is 0. The summed E-state index contributed by atoms with van der Waals surface area (Å²) in [5.74, 6) is 1.48. The third-order valence-corrected chi connectivity index (χ3v) is 5.87. The Hall–Kier alpha value is -1.60. The van der Waals surface area contributed by atoms with Crippen LogP contribution in [-0.4, -0.2) is 48.4 Å². The lowest BCUT2D eigenvalue weighted by Gasteiger charge is -2.27. The van der Waals surface area contributed by atoms with Gasteiger partial charge in [0.2, 0.25) is 0 Å². The van der Waals surface area contributed by atoms with Crippen molar-refractivity contribution in [3.63, 3.8) is 0 Å². The molecule has 0 bridgehead atoms. The molecule has 0 radical (unpaired) electrons. The molecule has 2 aliphatic heterocycles. The van der Waals surface area contributed by atoms with E-state index in [9.17, 15) is 0 Å². The number of ether oxygens (including phenoxy) is 2. The normalized spacial score (nSPS) is 20.9. The maximum Gasteiger partial charge on any atom is 0.138 e. The van der Waals surface area contributed by atoms with Gasteiger partial charge in [0.05, 0.1) is 12.4 Å². The minimum Gasteiger partial charge on any atom is -0.490 e. The summed E-state index contributed by atoms with van der Waals surface area (Å²) in [6.45, 7) is 3.42. The third-order valence-electron chi connectivity index (χ3n) is 5.19. The fourth-order valence-corrected chi connectivity index (χ4v) is 3.49. The van der Waals surface area contributed by atoms with Crippen molar-refractivity contribution in [2.45, 2.75) is 37.8 Å². The Bertz CT molecular complexity index is 745. The first-order valence-corrected chi connectivity index (χ1v) is 10.4. The molecule has 8 heteroatoms. The van der Waals surface area contributed by atoms with Gasteiger partial charge in [-0.1, -0.05) is 23.2 Å². The van der Waals surface area contributed by atoms with Gasteiger partial charge in [-0.3, -0.25) is 0 Å². The Morgan fingerprint density at radius 3 is 1.61 bits per heavy atom. The Balaban J connectivity index is 1.36. The molecule has 4 rings (SSSR count). The topological polar surface area (TPSA) is 68.3 Å². The standard InChI is InChI=1S/C20H24Cl2N4O2/c21-19-13(7-17(9-25-19)27-11-15-3-5-23-15)1-2-14-8-18(10-26-20(14)22)28-12-16-4-6-24-16/h7-10,15-16,23-24H,1-6,11-12H2. The molecular formula is C20H24Cl2N4O2. The molecule has 2 N–H and O–H groups in total. The number of rotatable bonds is 9. The predicted molar refractivity (Wildman–Crippen MR) is 110 cm³/mol. The second kappa shape index (κ2) is 9.27. The zero-order valence-electron chi connectivity index (χ0n) is 15.6. The van der Waals surface area contributed by atoms with Crippen LogP contribution in [-0.2, 0) is 12.8 Å². The molecule has 2 aromatic rings. The van der Waals surface area contributed by atoms with Gasteiger partial charge in [0.15, 0.2) is 0 Å². The van der Waals surface area contributed by atoms with Crippen LogP contribution < -0.4 is 20.1 Å². The van der Waals surface area contributed by atoms with Crippen molar-refractivity contribution in [3.05, 3.63) is 46.0 Å². The summed E-state index contributed by atoms with van der Waals surface area (Å²) in [6, 6.07) is 4.78. The second-order valence-electron chi connectivity index (χ2n) is 7.24. The molecule has 2 aromatic heterocycles. The van der Waals surface area contributed by atoms with Crippen LogP contribution in [0.15, 0.2) is 24.5 Å². The van der Waals surface area contributed by atoms with Gasteiger partial charge in [-0.25, -0.2) is 9.97 Å². The first-order valence-electron chi connectivity index (χ1n) is 9.68. The first kappa shape index (κ1) is 19.7. The van der Waals surface area contributed by atoms with Crippen molar-refractivity contribution in [1.82, 2.24) is 20.6 Å². The quantitative estimate of drug-likeness (QED) is 0.605. The third kappa shape index (κ3) is 5.06. The zero-order chi connectivity index (χ0) is 19.3. The van der Waals surface area contributed by atoms with Gasteiger partial charge in [0, 0.05) is 12.1 Å². The smallest absolute Gasteiger partial charge is 0.138 e. The SMILES string of the molecule is Clc1ncc(OCC2CCN2)cc1CCc1cc(OCC2CCN2)cnc1Cl. The van der Waals surface area contributed by atoms with Gasteiger partial charge in [0.1, 0.15) is 35.0 Å². The van der Waals surface area contributed by atoms with Crippen molar-refractivity contribution >= 4 is 23.2 Å². The highest BCUT2D eigenvalue weighted by atomic mass is 35.5. The van der Waals surface area contributed by atoms with Gasteiger partial charge in [-0.05, 0) is 62.0 Å². The number of halogens is 2. The number of hydrogen-bond donors (Lipinski definition) is 2. The monoisotopic (exact) mass is 422 g/mol. The highest BCUT2D eigenvalue weighted by molar-refractivity contribution is 6.30. The van der Waals surface area contributed by atoms with E-state index in [1.807, 2.05) is 12.1 Å². The summed E-state index contributed by atoms with van der Waals surface area (Å²) in [6.07, 6.45) is 7.02. The lowest BCUT2D eigenvalue weighted by molar-refractivity contribution is 0.216. The van der Waals surface area contributed by atoms with Crippen molar-refractivity contribution in [3.8, 4) is 11.5 Å². The molecule has 0 saturated carbocycles. The Labute approximate surface area is 174 Å². The largest absolute Gasteiger partial charge is 0.490 e. The lowest BCUT2D eigenvalue weighted by Crippen LogP contribution is -2.46. The summed E-state index contributed by atoms with van der Waals surface area (Å²) >= 11 is 12.6. The molecule has 2 aliphatic rings. The molecule has 0 amide bonds. The van der Waals surface area contributed by atoms with Crippen LogP contribution in [0.5, 0.6) is 11.5 Å². The number of hydrogen-bond acceptors (Lipinski definition) is 6. The van der Waals surface area contributed by atoms with Gasteiger partial charge >= 0.3 is 0 Å². The van der Waals surface area contributed by atoms with E-state index in [1.54, 1.807) is 12.4 Å². The molecule has 28 heavy (non-hydrogen) atoms. The molecule has 2 atom stereocenters. The average Bonchev–Trinajstić information content (AvgIpc) is 2.61. The molecule has 2 saturated heterocycles.